The van der Waals surface area contributed by atoms with Gasteiger partial charge in [-0.25, -0.2) is 4.39 Å². The summed E-state index contributed by atoms with van der Waals surface area (Å²) in [6, 6.07) is 4.21. The minimum absolute atomic E-state index is 0.00972. The Kier molecular flexibility index (Phi) is 4.19. The number of carboxylic acids is 1. The van der Waals surface area contributed by atoms with Gasteiger partial charge < -0.3 is 5.11 Å². The van der Waals surface area contributed by atoms with Gasteiger partial charge in [-0.3, -0.25) is 9.69 Å². The Balaban J connectivity index is 2.03. The lowest BCUT2D eigenvalue weighted by Crippen LogP contribution is -2.31. The molecule has 1 fully saturated rings. The van der Waals surface area contributed by atoms with Crippen LogP contribution in [-0.4, -0.2) is 29.1 Å². The molecule has 0 aliphatic heterocycles. The third kappa shape index (κ3) is 3.96. The van der Waals surface area contributed by atoms with Gasteiger partial charge in [-0.05, 0) is 36.5 Å². The molecule has 5 heteroatoms. The maximum atomic E-state index is 12.9. The Bertz CT molecular complexity index is 449. The van der Waals surface area contributed by atoms with E-state index >= 15 is 0 Å². The third-order valence-corrected chi connectivity index (χ3v) is 3.33. The van der Waals surface area contributed by atoms with Crippen LogP contribution in [0.25, 0.3) is 0 Å². The van der Waals surface area contributed by atoms with Crippen molar-refractivity contribution in [1.29, 1.82) is 0 Å². The number of carbonyl (C=O) groups is 1. The van der Waals surface area contributed by atoms with E-state index < -0.39 is 5.97 Å². The number of halogens is 2. The number of hydrogen-bond acceptors (Lipinski definition) is 2. The van der Waals surface area contributed by atoms with E-state index in [1.807, 2.05) is 4.90 Å². The lowest BCUT2D eigenvalue weighted by Gasteiger charge is -2.20. The fourth-order valence-corrected chi connectivity index (χ4v) is 2.16. The van der Waals surface area contributed by atoms with Crippen molar-refractivity contribution < 1.29 is 14.3 Å². The molecule has 0 bridgehead atoms. The summed E-state index contributed by atoms with van der Waals surface area (Å²) in [6.45, 7) is 1.20. The van der Waals surface area contributed by atoms with E-state index in [-0.39, 0.29) is 12.4 Å². The van der Waals surface area contributed by atoms with Crippen LogP contribution in [0.5, 0.6) is 0 Å². The first-order chi connectivity index (χ1) is 8.54. The van der Waals surface area contributed by atoms with Gasteiger partial charge in [0.1, 0.15) is 5.82 Å². The summed E-state index contributed by atoms with van der Waals surface area (Å²) >= 11 is 5.95. The molecule has 1 aromatic carbocycles. The predicted molar refractivity (Wildman–Crippen MR) is 67.0 cm³/mol. The van der Waals surface area contributed by atoms with Crippen LogP contribution in [0.4, 0.5) is 4.39 Å². The molecule has 3 nitrogen and oxygen atoms in total. The Morgan fingerprint density at radius 3 is 2.78 bits per heavy atom. The van der Waals surface area contributed by atoms with Crippen molar-refractivity contribution in [3.8, 4) is 0 Å². The van der Waals surface area contributed by atoms with E-state index in [0.717, 1.165) is 24.9 Å². The van der Waals surface area contributed by atoms with Crippen molar-refractivity contribution in [2.45, 2.75) is 19.4 Å². The van der Waals surface area contributed by atoms with Crippen LogP contribution in [0, 0.1) is 11.7 Å². The quantitative estimate of drug-likeness (QED) is 0.865. The number of carboxylic acid groups (broad SMARTS) is 1. The highest BCUT2D eigenvalue weighted by atomic mass is 35.5. The molecule has 1 aliphatic rings. The molecule has 0 aromatic heterocycles. The highest BCUT2D eigenvalue weighted by molar-refractivity contribution is 6.31. The zero-order valence-corrected chi connectivity index (χ0v) is 10.7. The summed E-state index contributed by atoms with van der Waals surface area (Å²) < 4.78 is 12.9. The number of hydrogen-bond donors (Lipinski definition) is 1. The number of rotatable bonds is 6. The fraction of sp³-hybridized carbons (Fsp3) is 0.462. The minimum atomic E-state index is -0.853. The second kappa shape index (κ2) is 5.67. The van der Waals surface area contributed by atoms with Crippen molar-refractivity contribution in [1.82, 2.24) is 4.90 Å². The van der Waals surface area contributed by atoms with E-state index in [4.69, 9.17) is 16.7 Å². The van der Waals surface area contributed by atoms with Crippen LogP contribution >= 0.6 is 11.6 Å². The molecular weight excluding hydrogens is 257 g/mol. The number of nitrogens with zero attached hydrogens (tertiary/aromatic N) is 1. The van der Waals surface area contributed by atoms with Crippen molar-refractivity contribution in [2.75, 3.05) is 13.1 Å². The van der Waals surface area contributed by atoms with Gasteiger partial charge in [0, 0.05) is 18.1 Å². The number of aliphatic carboxylic acids is 1. The molecule has 0 unspecified atom stereocenters. The summed E-state index contributed by atoms with van der Waals surface area (Å²) in [4.78, 5) is 12.7. The van der Waals surface area contributed by atoms with Crippen LogP contribution in [0.1, 0.15) is 18.4 Å². The van der Waals surface area contributed by atoms with Crippen LogP contribution in [0.3, 0.4) is 0 Å². The molecule has 1 aromatic rings. The summed E-state index contributed by atoms with van der Waals surface area (Å²) in [7, 11) is 0. The molecule has 0 atom stereocenters. The van der Waals surface area contributed by atoms with Gasteiger partial charge in [0.2, 0.25) is 0 Å². The Hall–Kier alpha value is -1.13. The Morgan fingerprint density at radius 2 is 2.22 bits per heavy atom. The first kappa shape index (κ1) is 13.3. The van der Waals surface area contributed by atoms with Gasteiger partial charge in [-0.1, -0.05) is 17.7 Å². The third-order valence-electron chi connectivity index (χ3n) is 2.98. The van der Waals surface area contributed by atoms with Crippen molar-refractivity contribution in [2.24, 2.45) is 5.92 Å². The van der Waals surface area contributed by atoms with Gasteiger partial charge in [-0.2, -0.15) is 0 Å². The smallest absolute Gasteiger partial charge is 0.317 e. The predicted octanol–water partition coefficient (Wildman–Crippen LogP) is 2.78. The molecule has 1 saturated carbocycles. The molecule has 0 spiro atoms. The topological polar surface area (TPSA) is 40.5 Å². The highest BCUT2D eigenvalue weighted by Gasteiger charge is 2.25. The summed E-state index contributed by atoms with van der Waals surface area (Å²) in [5.41, 5.74) is 0.764. The highest BCUT2D eigenvalue weighted by Crippen LogP contribution is 2.30. The first-order valence-electron chi connectivity index (χ1n) is 5.92. The maximum Gasteiger partial charge on any atom is 0.317 e. The summed E-state index contributed by atoms with van der Waals surface area (Å²) in [5.74, 6) is -0.631. The zero-order chi connectivity index (χ0) is 13.1. The van der Waals surface area contributed by atoms with Crippen LogP contribution < -0.4 is 0 Å². The summed E-state index contributed by atoms with van der Waals surface area (Å²) in [6.07, 6.45) is 2.32. The second-order valence-corrected chi connectivity index (χ2v) is 5.15. The molecule has 0 amide bonds. The van der Waals surface area contributed by atoms with Crippen molar-refractivity contribution in [3.63, 3.8) is 0 Å². The second-order valence-electron chi connectivity index (χ2n) is 4.74. The van der Waals surface area contributed by atoms with Gasteiger partial charge in [0.25, 0.3) is 0 Å². The zero-order valence-electron chi connectivity index (χ0n) is 9.90. The molecule has 0 heterocycles. The van der Waals surface area contributed by atoms with Crippen LogP contribution in [0.2, 0.25) is 5.02 Å². The monoisotopic (exact) mass is 271 g/mol. The van der Waals surface area contributed by atoms with E-state index in [0.29, 0.717) is 17.5 Å². The average Bonchev–Trinajstić information content (AvgIpc) is 3.05. The molecule has 98 valence electrons. The molecule has 1 N–H and O–H groups in total. The van der Waals surface area contributed by atoms with Gasteiger partial charge in [0.05, 0.1) is 6.54 Å². The molecule has 0 radical (unpaired) electrons. The maximum absolute atomic E-state index is 12.9. The van der Waals surface area contributed by atoms with E-state index in [9.17, 15) is 9.18 Å². The normalized spacial score (nSPS) is 15.1. The molecule has 0 saturated heterocycles. The van der Waals surface area contributed by atoms with Gasteiger partial charge in [0.15, 0.2) is 0 Å². The van der Waals surface area contributed by atoms with Crippen molar-refractivity contribution in [3.05, 3.63) is 34.6 Å². The Morgan fingerprint density at radius 1 is 1.50 bits per heavy atom. The van der Waals surface area contributed by atoms with Gasteiger partial charge in [-0.15, -0.1) is 0 Å². The SMILES string of the molecule is O=C(O)CN(Cc1ccc(F)cc1Cl)CC1CC1. The van der Waals surface area contributed by atoms with Crippen LogP contribution in [0.15, 0.2) is 18.2 Å². The van der Waals surface area contributed by atoms with E-state index in [1.54, 1.807) is 6.07 Å². The molecule has 2 rings (SSSR count). The summed E-state index contributed by atoms with van der Waals surface area (Å²) in [5, 5.41) is 9.22. The standard InChI is InChI=1S/C13H15ClFNO2/c14-12-5-11(15)4-3-10(12)7-16(8-13(17)18)6-9-1-2-9/h3-5,9H,1-2,6-8H2,(H,17,18). The van der Waals surface area contributed by atoms with Crippen molar-refractivity contribution >= 4 is 17.6 Å². The Labute approximate surface area is 110 Å². The largest absolute Gasteiger partial charge is 0.480 e. The molecule has 18 heavy (non-hydrogen) atoms. The number of benzene rings is 1. The molecular formula is C13H15ClFNO2. The fourth-order valence-electron chi connectivity index (χ4n) is 1.93. The lowest BCUT2D eigenvalue weighted by atomic mass is 10.2. The average molecular weight is 272 g/mol. The van der Waals surface area contributed by atoms with E-state index in [1.165, 1.54) is 12.1 Å². The first-order valence-corrected chi connectivity index (χ1v) is 6.30. The molecule has 1 aliphatic carbocycles. The minimum Gasteiger partial charge on any atom is -0.480 e. The van der Waals surface area contributed by atoms with Crippen LogP contribution in [-0.2, 0) is 11.3 Å². The van der Waals surface area contributed by atoms with E-state index in [2.05, 4.69) is 0 Å². The van der Waals surface area contributed by atoms with Gasteiger partial charge >= 0.3 is 5.97 Å². The lowest BCUT2D eigenvalue weighted by molar-refractivity contribution is -0.138.